The van der Waals surface area contributed by atoms with Gasteiger partial charge in [-0.25, -0.2) is 0 Å². The molecule has 0 saturated heterocycles. The van der Waals surface area contributed by atoms with Gasteiger partial charge in [0.25, 0.3) is 0 Å². The summed E-state index contributed by atoms with van der Waals surface area (Å²) < 4.78 is 39.5. The Morgan fingerprint density at radius 1 is 1.25 bits per heavy atom. The Balaban J connectivity index is 2.72. The summed E-state index contributed by atoms with van der Waals surface area (Å²) in [5.74, 6) is 5.42. The Bertz CT molecular complexity index is 685. The predicted octanol–water partition coefficient (Wildman–Crippen LogP) is 3.64. The maximum Gasteiger partial charge on any atom is 0.406 e. The quantitative estimate of drug-likeness (QED) is 0.762. The second kappa shape index (κ2) is 5.12. The molecule has 0 atom stereocenters. The van der Waals surface area contributed by atoms with E-state index in [0.717, 1.165) is 11.1 Å². The lowest BCUT2D eigenvalue weighted by Crippen LogP contribution is -2.18. The molecule has 2 nitrogen and oxygen atoms in total. The molecular formula is C15H15F3N2. The molecule has 0 saturated carbocycles. The number of benzene rings is 1. The largest absolute Gasteiger partial charge is 0.406 e. The van der Waals surface area contributed by atoms with E-state index in [2.05, 4.69) is 11.8 Å². The molecule has 0 amide bonds. The SMILES string of the molecule is CC#Cc1cc2c(N(C)C)cccc2n1CC(F)(F)F. The van der Waals surface area contributed by atoms with Crippen molar-refractivity contribution in [1.82, 2.24) is 4.57 Å². The van der Waals surface area contributed by atoms with Crippen molar-refractivity contribution in [2.75, 3.05) is 19.0 Å². The van der Waals surface area contributed by atoms with Gasteiger partial charge in [-0.15, -0.1) is 0 Å². The van der Waals surface area contributed by atoms with Gasteiger partial charge in [0.1, 0.15) is 6.54 Å². The first-order chi connectivity index (χ1) is 9.33. The van der Waals surface area contributed by atoms with Crippen LogP contribution in [0.4, 0.5) is 18.9 Å². The summed E-state index contributed by atoms with van der Waals surface area (Å²) in [4.78, 5) is 1.88. The number of anilines is 1. The zero-order valence-corrected chi connectivity index (χ0v) is 11.5. The first-order valence-electron chi connectivity index (χ1n) is 6.12. The van der Waals surface area contributed by atoms with Crippen LogP contribution in [0.3, 0.4) is 0 Å². The average molecular weight is 280 g/mol. The van der Waals surface area contributed by atoms with Gasteiger partial charge in [0.05, 0.1) is 11.2 Å². The molecule has 1 heterocycles. The van der Waals surface area contributed by atoms with E-state index in [-0.39, 0.29) is 0 Å². The molecule has 0 aliphatic heterocycles. The van der Waals surface area contributed by atoms with Gasteiger partial charge in [-0.3, -0.25) is 0 Å². The van der Waals surface area contributed by atoms with E-state index in [1.807, 2.05) is 25.1 Å². The van der Waals surface area contributed by atoms with E-state index in [4.69, 9.17) is 0 Å². The van der Waals surface area contributed by atoms with Crippen LogP contribution in [0.1, 0.15) is 12.6 Å². The second-order valence-corrected chi connectivity index (χ2v) is 4.71. The zero-order valence-electron chi connectivity index (χ0n) is 11.5. The van der Waals surface area contributed by atoms with E-state index in [9.17, 15) is 13.2 Å². The third kappa shape index (κ3) is 2.74. The molecule has 0 aliphatic carbocycles. The van der Waals surface area contributed by atoms with Crippen molar-refractivity contribution in [3.05, 3.63) is 30.0 Å². The summed E-state index contributed by atoms with van der Waals surface area (Å²) in [6, 6.07) is 7.04. The van der Waals surface area contributed by atoms with Crippen molar-refractivity contribution in [1.29, 1.82) is 0 Å². The first-order valence-corrected chi connectivity index (χ1v) is 6.12. The van der Waals surface area contributed by atoms with Crippen LogP contribution in [0.2, 0.25) is 0 Å². The molecule has 0 aliphatic rings. The fourth-order valence-electron chi connectivity index (χ4n) is 2.24. The minimum Gasteiger partial charge on any atom is -0.377 e. The van der Waals surface area contributed by atoms with Crippen LogP contribution in [0, 0.1) is 11.8 Å². The van der Waals surface area contributed by atoms with Crippen molar-refractivity contribution < 1.29 is 13.2 Å². The molecule has 20 heavy (non-hydrogen) atoms. The Morgan fingerprint density at radius 2 is 1.95 bits per heavy atom. The smallest absolute Gasteiger partial charge is 0.377 e. The molecule has 0 radical (unpaired) electrons. The van der Waals surface area contributed by atoms with Gasteiger partial charge in [-0.1, -0.05) is 12.0 Å². The number of fused-ring (bicyclic) bond motifs is 1. The lowest BCUT2D eigenvalue weighted by atomic mass is 10.2. The molecule has 106 valence electrons. The molecule has 0 spiro atoms. The molecule has 0 N–H and O–H groups in total. The van der Waals surface area contributed by atoms with Gasteiger partial charge in [0.2, 0.25) is 0 Å². The summed E-state index contributed by atoms with van der Waals surface area (Å²) in [5, 5.41) is 0.777. The lowest BCUT2D eigenvalue weighted by molar-refractivity contribution is -0.140. The molecule has 0 fully saturated rings. The Hall–Kier alpha value is -2.09. The number of nitrogens with zero attached hydrogens (tertiary/aromatic N) is 2. The van der Waals surface area contributed by atoms with E-state index in [1.54, 1.807) is 25.1 Å². The molecule has 2 rings (SSSR count). The van der Waals surface area contributed by atoms with Crippen molar-refractivity contribution in [3.8, 4) is 11.8 Å². The van der Waals surface area contributed by atoms with Crippen LogP contribution >= 0.6 is 0 Å². The fourth-order valence-corrected chi connectivity index (χ4v) is 2.24. The lowest BCUT2D eigenvalue weighted by Gasteiger charge is -2.15. The highest BCUT2D eigenvalue weighted by Gasteiger charge is 2.29. The first kappa shape index (κ1) is 14.3. The standard InChI is InChI=1S/C15H15F3N2/c1-4-6-11-9-12-13(19(2)3)7-5-8-14(12)20(11)10-15(16,17)18/h5,7-9H,10H2,1-3H3. The second-order valence-electron chi connectivity index (χ2n) is 4.71. The van der Waals surface area contributed by atoms with Crippen LogP contribution in [-0.4, -0.2) is 24.8 Å². The molecule has 1 aromatic heterocycles. The van der Waals surface area contributed by atoms with Gasteiger partial charge in [0.15, 0.2) is 0 Å². The Labute approximate surface area is 115 Å². The molecule has 0 bridgehead atoms. The molecule has 0 unspecified atom stereocenters. The van der Waals surface area contributed by atoms with Crippen LogP contribution in [0.5, 0.6) is 0 Å². The van der Waals surface area contributed by atoms with E-state index in [1.165, 1.54) is 4.57 Å². The summed E-state index contributed by atoms with van der Waals surface area (Å²) in [7, 11) is 3.72. The maximum absolute atomic E-state index is 12.7. The Morgan fingerprint density at radius 3 is 2.50 bits per heavy atom. The molecular weight excluding hydrogens is 265 g/mol. The van der Waals surface area contributed by atoms with Crippen molar-refractivity contribution in [3.63, 3.8) is 0 Å². The van der Waals surface area contributed by atoms with Gasteiger partial charge in [-0.05, 0) is 31.0 Å². The number of hydrogen-bond donors (Lipinski definition) is 0. The number of rotatable bonds is 2. The van der Waals surface area contributed by atoms with Gasteiger partial charge >= 0.3 is 6.18 Å². The van der Waals surface area contributed by atoms with Gasteiger partial charge < -0.3 is 9.47 Å². The highest BCUT2D eigenvalue weighted by Crippen LogP contribution is 2.31. The van der Waals surface area contributed by atoms with E-state index in [0.29, 0.717) is 11.2 Å². The van der Waals surface area contributed by atoms with Crippen LogP contribution < -0.4 is 4.90 Å². The van der Waals surface area contributed by atoms with Crippen molar-refractivity contribution in [2.45, 2.75) is 19.6 Å². The molecule has 2 aromatic rings. The molecule has 1 aromatic carbocycles. The van der Waals surface area contributed by atoms with Crippen LogP contribution in [-0.2, 0) is 6.54 Å². The number of aromatic nitrogens is 1. The van der Waals surface area contributed by atoms with Crippen LogP contribution in [0.25, 0.3) is 10.9 Å². The maximum atomic E-state index is 12.7. The van der Waals surface area contributed by atoms with Crippen LogP contribution in [0.15, 0.2) is 24.3 Å². The van der Waals surface area contributed by atoms with Gasteiger partial charge in [0, 0.05) is 25.2 Å². The zero-order chi connectivity index (χ0) is 14.9. The number of halogens is 3. The van der Waals surface area contributed by atoms with E-state index < -0.39 is 12.7 Å². The van der Waals surface area contributed by atoms with Crippen molar-refractivity contribution in [2.24, 2.45) is 0 Å². The topological polar surface area (TPSA) is 8.17 Å². The minimum absolute atomic E-state index is 0.383. The minimum atomic E-state index is -4.27. The van der Waals surface area contributed by atoms with E-state index >= 15 is 0 Å². The third-order valence-corrected chi connectivity index (χ3v) is 3.00. The monoisotopic (exact) mass is 280 g/mol. The highest BCUT2D eigenvalue weighted by atomic mass is 19.4. The third-order valence-electron chi connectivity index (χ3n) is 3.00. The number of alkyl halides is 3. The average Bonchev–Trinajstić information content (AvgIpc) is 2.66. The highest BCUT2D eigenvalue weighted by molar-refractivity contribution is 5.94. The number of hydrogen-bond acceptors (Lipinski definition) is 1. The van der Waals surface area contributed by atoms with Gasteiger partial charge in [-0.2, -0.15) is 13.2 Å². The summed E-state index contributed by atoms with van der Waals surface area (Å²) in [6.07, 6.45) is -4.27. The normalized spacial score (nSPS) is 11.3. The Kier molecular flexibility index (Phi) is 3.67. The predicted molar refractivity (Wildman–Crippen MR) is 74.9 cm³/mol. The van der Waals surface area contributed by atoms with Crippen molar-refractivity contribution >= 4 is 16.6 Å². The summed E-state index contributed by atoms with van der Waals surface area (Å²) in [5.41, 5.74) is 1.81. The summed E-state index contributed by atoms with van der Waals surface area (Å²) >= 11 is 0. The fraction of sp³-hybridized carbons (Fsp3) is 0.333. The summed E-state index contributed by atoms with van der Waals surface area (Å²) in [6.45, 7) is 0.583. The molecule has 5 heteroatoms.